The van der Waals surface area contributed by atoms with Crippen LogP contribution in [0.4, 0.5) is 22.0 Å². The van der Waals surface area contributed by atoms with Gasteiger partial charge < -0.3 is 4.74 Å². The topological polar surface area (TPSA) is 39.2 Å². The van der Waals surface area contributed by atoms with Crippen molar-refractivity contribution in [1.29, 1.82) is 0 Å². The van der Waals surface area contributed by atoms with Crippen LogP contribution in [0, 0.1) is 0 Å². The van der Waals surface area contributed by atoms with Gasteiger partial charge in [-0.05, 0) is 6.07 Å². The van der Waals surface area contributed by atoms with Crippen molar-refractivity contribution in [2.45, 2.75) is 12.8 Å². The SMILES string of the molecule is O=Cc1cc(Cl)c(C(F)F)c(OC(F)(F)F)n1. The van der Waals surface area contributed by atoms with Crippen LogP contribution in [0.25, 0.3) is 0 Å². The van der Waals surface area contributed by atoms with E-state index in [0.717, 1.165) is 6.07 Å². The van der Waals surface area contributed by atoms with Crippen LogP contribution in [-0.4, -0.2) is 17.6 Å². The van der Waals surface area contributed by atoms with Crippen LogP contribution in [0.5, 0.6) is 5.88 Å². The molecule has 0 N–H and O–H groups in total. The third kappa shape index (κ3) is 3.52. The van der Waals surface area contributed by atoms with Gasteiger partial charge in [-0.1, -0.05) is 11.6 Å². The van der Waals surface area contributed by atoms with E-state index in [4.69, 9.17) is 11.6 Å². The lowest BCUT2D eigenvalue weighted by Gasteiger charge is -2.13. The van der Waals surface area contributed by atoms with Gasteiger partial charge in [-0.25, -0.2) is 13.8 Å². The maximum absolute atomic E-state index is 12.4. The molecule has 1 heterocycles. The zero-order chi connectivity index (χ0) is 13.2. The van der Waals surface area contributed by atoms with E-state index in [1.54, 1.807) is 0 Å². The van der Waals surface area contributed by atoms with Crippen LogP contribution >= 0.6 is 11.6 Å². The first-order chi connectivity index (χ1) is 7.74. The fraction of sp³-hybridized carbons (Fsp3) is 0.250. The number of nitrogens with zero attached hydrogens (tertiary/aromatic N) is 1. The molecule has 0 aromatic carbocycles. The molecule has 0 fully saturated rings. The number of alkyl halides is 5. The van der Waals surface area contributed by atoms with Gasteiger partial charge in [-0.2, -0.15) is 0 Å². The van der Waals surface area contributed by atoms with E-state index in [0.29, 0.717) is 0 Å². The Labute approximate surface area is 96.2 Å². The summed E-state index contributed by atoms with van der Waals surface area (Å²) in [6.45, 7) is 0. The highest BCUT2D eigenvalue weighted by Crippen LogP contribution is 2.36. The number of ether oxygens (including phenoxy) is 1. The van der Waals surface area contributed by atoms with E-state index in [1.165, 1.54) is 0 Å². The number of halogens is 6. The quantitative estimate of drug-likeness (QED) is 0.627. The number of hydrogen-bond donors (Lipinski definition) is 0. The van der Waals surface area contributed by atoms with Crippen molar-refractivity contribution in [3.05, 3.63) is 22.3 Å². The number of aromatic nitrogens is 1. The van der Waals surface area contributed by atoms with Gasteiger partial charge in [0.15, 0.2) is 6.29 Å². The molecular weight excluding hydrogens is 273 g/mol. The van der Waals surface area contributed by atoms with Crippen LogP contribution in [0.15, 0.2) is 6.07 Å². The Morgan fingerprint density at radius 3 is 2.41 bits per heavy atom. The first kappa shape index (κ1) is 13.6. The van der Waals surface area contributed by atoms with Crippen LogP contribution in [0.3, 0.4) is 0 Å². The van der Waals surface area contributed by atoms with Gasteiger partial charge in [0.1, 0.15) is 5.69 Å². The van der Waals surface area contributed by atoms with E-state index >= 15 is 0 Å². The molecule has 1 aromatic heterocycles. The molecule has 0 saturated heterocycles. The summed E-state index contributed by atoms with van der Waals surface area (Å²) in [5, 5.41) is -0.726. The predicted molar refractivity (Wildman–Crippen MR) is 46.3 cm³/mol. The number of rotatable bonds is 3. The first-order valence-electron chi connectivity index (χ1n) is 3.94. The van der Waals surface area contributed by atoms with Gasteiger partial charge in [0.2, 0.25) is 5.88 Å². The third-order valence-electron chi connectivity index (χ3n) is 1.54. The number of hydrogen-bond acceptors (Lipinski definition) is 3. The first-order valence-corrected chi connectivity index (χ1v) is 4.32. The monoisotopic (exact) mass is 275 g/mol. The lowest BCUT2D eigenvalue weighted by atomic mass is 10.2. The van der Waals surface area contributed by atoms with Crippen molar-refractivity contribution in [3.8, 4) is 5.88 Å². The Bertz CT molecular complexity index is 435. The number of aldehydes is 1. The molecule has 0 aliphatic heterocycles. The molecule has 0 atom stereocenters. The summed E-state index contributed by atoms with van der Waals surface area (Å²) in [6.07, 6.45) is -8.46. The molecule has 0 radical (unpaired) electrons. The Balaban J connectivity index is 3.32. The van der Waals surface area contributed by atoms with Crippen molar-refractivity contribution < 1.29 is 31.5 Å². The van der Waals surface area contributed by atoms with E-state index in [9.17, 15) is 26.7 Å². The summed E-state index contributed by atoms with van der Waals surface area (Å²) < 4.78 is 63.9. The summed E-state index contributed by atoms with van der Waals surface area (Å²) in [7, 11) is 0. The second-order valence-electron chi connectivity index (χ2n) is 2.71. The predicted octanol–water partition coefficient (Wildman–Crippen LogP) is 3.38. The summed E-state index contributed by atoms with van der Waals surface area (Å²) in [4.78, 5) is 13.3. The van der Waals surface area contributed by atoms with Gasteiger partial charge in [0.25, 0.3) is 6.43 Å². The number of pyridine rings is 1. The molecule has 0 bridgehead atoms. The van der Waals surface area contributed by atoms with Crippen molar-refractivity contribution in [1.82, 2.24) is 4.98 Å². The Morgan fingerprint density at radius 2 is 2.00 bits per heavy atom. The maximum Gasteiger partial charge on any atom is 0.574 e. The normalized spacial score (nSPS) is 11.7. The van der Waals surface area contributed by atoms with E-state index in [2.05, 4.69) is 9.72 Å². The Hall–Kier alpha value is -1.44. The molecule has 0 saturated carbocycles. The van der Waals surface area contributed by atoms with Gasteiger partial charge in [0, 0.05) is 0 Å². The van der Waals surface area contributed by atoms with E-state index in [-0.39, 0.29) is 6.29 Å². The molecular formula is C8H3ClF5NO2. The van der Waals surface area contributed by atoms with Crippen LogP contribution in [0.1, 0.15) is 22.5 Å². The van der Waals surface area contributed by atoms with Crippen molar-refractivity contribution in [3.63, 3.8) is 0 Å². The Kier molecular flexibility index (Phi) is 3.87. The van der Waals surface area contributed by atoms with Crippen molar-refractivity contribution in [2.75, 3.05) is 0 Å². The summed E-state index contributed by atoms with van der Waals surface area (Å²) >= 11 is 5.31. The van der Waals surface area contributed by atoms with E-state index in [1.807, 2.05) is 0 Å². The minimum absolute atomic E-state index is 0.0599. The molecule has 17 heavy (non-hydrogen) atoms. The standard InChI is InChI=1S/C8H3ClF5NO2/c9-4-1-3(2-16)15-7(5(4)6(10)11)17-8(12,13)14/h1-2,6H. The molecule has 0 aliphatic rings. The molecule has 0 spiro atoms. The summed E-state index contributed by atoms with van der Waals surface area (Å²) in [6, 6.07) is 0.722. The fourth-order valence-corrected chi connectivity index (χ4v) is 1.24. The molecule has 3 nitrogen and oxygen atoms in total. The smallest absolute Gasteiger partial charge is 0.387 e. The van der Waals surface area contributed by atoms with Gasteiger partial charge in [-0.15, -0.1) is 13.2 Å². The second kappa shape index (κ2) is 4.82. The fourth-order valence-electron chi connectivity index (χ4n) is 0.965. The van der Waals surface area contributed by atoms with Gasteiger partial charge in [-0.3, -0.25) is 4.79 Å². The second-order valence-corrected chi connectivity index (χ2v) is 3.12. The zero-order valence-corrected chi connectivity index (χ0v) is 8.52. The molecule has 1 aromatic rings. The lowest BCUT2D eigenvalue weighted by molar-refractivity contribution is -0.276. The molecule has 94 valence electrons. The average molecular weight is 276 g/mol. The molecule has 9 heteroatoms. The Morgan fingerprint density at radius 1 is 1.41 bits per heavy atom. The minimum Gasteiger partial charge on any atom is -0.387 e. The average Bonchev–Trinajstić information content (AvgIpc) is 2.13. The molecule has 0 amide bonds. The highest BCUT2D eigenvalue weighted by atomic mass is 35.5. The highest BCUT2D eigenvalue weighted by Gasteiger charge is 2.35. The minimum atomic E-state index is -5.21. The van der Waals surface area contributed by atoms with Gasteiger partial charge in [0.05, 0.1) is 10.6 Å². The van der Waals surface area contributed by atoms with Crippen LogP contribution in [0.2, 0.25) is 5.02 Å². The van der Waals surface area contributed by atoms with E-state index < -0.39 is 34.9 Å². The van der Waals surface area contributed by atoms with Crippen molar-refractivity contribution in [2.24, 2.45) is 0 Å². The molecule has 1 rings (SSSR count). The maximum atomic E-state index is 12.4. The third-order valence-corrected chi connectivity index (χ3v) is 1.86. The van der Waals surface area contributed by atoms with Crippen LogP contribution < -0.4 is 4.74 Å². The highest BCUT2D eigenvalue weighted by molar-refractivity contribution is 6.31. The largest absolute Gasteiger partial charge is 0.574 e. The number of carbonyl (C=O) groups excluding carboxylic acids is 1. The van der Waals surface area contributed by atoms with Crippen LogP contribution in [-0.2, 0) is 0 Å². The summed E-state index contributed by atoms with van der Waals surface area (Å²) in [5.74, 6) is -1.43. The van der Waals surface area contributed by atoms with Gasteiger partial charge >= 0.3 is 6.36 Å². The molecule has 0 unspecified atom stereocenters. The molecule has 0 aliphatic carbocycles. The summed E-state index contributed by atoms with van der Waals surface area (Å²) in [5.41, 5.74) is -1.76. The zero-order valence-electron chi connectivity index (χ0n) is 7.76. The number of carbonyl (C=O) groups is 1. The van der Waals surface area contributed by atoms with Crippen molar-refractivity contribution >= 4 is 17.9 Å². The lowest BCUT2D eigenvalue weighted by Crippen LogP contribution is -2.19.